The molecule has 0 fully saturated rings. The Morgan fingerprint density at radius 2 is 1.85 bits per heavy atom. The van der Waals surface area contributed by atoms with Crippen LogP contribution in [0.4, 0.5) is 18.9 Å². The average Bonchev–Trinajstić information content (AvgIpc) is 3.14. The van der Waals surface area contributed by atoms with Crippen LogP contribution >= 0.6 is 35.0 Å². The number of aromatic nitrogens is 3. The first-order valence-electron chi connectivity index (χ1n) is 9.71. The normalized spacial score (nSPS) is 12.3. The van der Waals surface area contributed by atoms with Gasteiger partial charge in [-0.1, -0.05) is 41.0 Å². The Labute approximate surface area is 207 Å². The van der Waals surface area contributed by atoms with Crippen molar-refractivity contribution in [1.82, 2.24) is 20.1 Å². The molecule has 1 heterocycles. The molecule has 2 aromatic carbocycles. The second-order valence-electron chi connectivity index (χ2n) is 7.14. The van der Waals surface area contributed by atoms with Gasteiger partial charge in [-0.25, -0.2) is 0 Å². The first-order chi connectivity index (χ1) is 16.0. The molecule has 180 valence electrons. The van der Waals surface area contributed by atoms with E-state index in [-0.39, 0.29) is 22.4 Å². The number of rotatable bonds is 7. The molecule has 0 aliphatic rings. The van der Waals surface area contributed by atoms with Gasteiger partial charge in [0.2, 0.25) is 5.91 Å². The molecular formula is C21H18Cl2F3N5O2S. The first kappa shape index (κ1) is 25.9. The van der Waals surface area contributed by atoms with Gasteiger partial charge in [-0.3, -0.25) is 9.59 Å². The summed E-state index contributed by atoms with van der Waals surface area (Å²) in [4.78, 5) is 24.7. The van der Waals surface area contributed by atoms with E-state index >= 15 is 0 Å². The van der Waals surface area contributed by atoms with Crippen LogP contribution in [-0.2, 0) is 18.0 Å². The number of anilines is 1. The van der Waals surface area contributed by atoms with Gasteiger partial charge in [-0.2, -0.15) is 13.2 Å². The van der Waals surface area contributed by atoms with Crippen LogP contribution in [0.15, 0.2) is 47.6 Å². The van der Waals surface area contributed by atoms with E-state index in [2.05, 4.69) is 20.8 Å². The minimum atomic E-state index is -4.50. The second kappa shape index (κ2) is 10.7. The minimum Gasteiger partial charge on any atom is -0.342 e. The molecular weight excluding hydrogens is 514 g/mol. The first-order valence-corrected chi connectivity index (χ1v) is 11.4. The number of halogens is 5. The van der Waals surface area contributed by atoms with Crippen LogP contribution in [0.3, 0.4) is 0 Å². The number of alkyl halides is 3. The molecule has 34 heavy (non-hydrogen) atoms. The fraction of sp³-hybridized carbons (Fsp3) is 0.238. The van der Waals surface area contributed by atoms with E-state index < -0.39 is 23.7 Å². The molecule has 0 unspecified atom stereocenters. The molecule has 7 nitrogen and oxygen atoms in total. The highest BCUT2D eigenvalue weighted by atomic mass is 35.5. The fourth-order valence-corrected chi connectivity index (χ4v) is 3.93. The predicted molar refractivity (Wildman–Crippen MR) is 124 cm³/mol. The van der Waals surface area contributed by atoms with Crippen molar-refractivity contribution in [2.24, 2.45) is 7.05 Å². The number of hydrogen-bond acceptors (Lipinski definition) is 5. The zero-order chi connectivity index (χ0) is 25.0. The largest absolute Gasteiger partial charge is 0.416 e. The smallest absolute Gasteiger partial charge is 0.342 e. The zero-order valence-electron chi connectivity index (χ0n) is 17.8. The Kier molecular flexibility index (Phi) is 8.11. The molecule has 0 aliphatic carbocycles. The summed E-state index contributed by atoms with van der Waals surface area (Å²) in [5.74, 6) is -0.556. The second-order valence-corrected chi connectivity index (χ2v) is 8.90. The number of amides is 2. The van der Waals surface area contributed by atoms with Gasteiger partial charge in [0.25, 0.3) is 5.91 Å². The SMILES string of the molecule is C[C@@H](NC(=O)c1ccc(Cl)c(Cl)c1)c1nnc(SCC(=O)Nc2cccc(C(F)(F)F)c2)n1C. The van der Waals surface area contributed by atoms with Crippen molar-refractivity contribution < 1.29 is 22.8 Å². The van der Waals surface area contributed by atoms with E-state index in [9.17, 15) is 22.8 Å². The number of benzene rings is 2. The maximum atomic E-state index is 12.8. The van der Waals surface area contributed by atoms with Crippen LogP contribution in [0.5, 0.6) is 0 Å². The summed E-state index contributed by atoms with van der Waals surface area (Å²) in [5.41, 5.74) is -0.491. The van der Waals surface area contributed by atoms with Gasteiger partial charge >= 0.3 is 6.18 Å². The standard InChI is InChI=1S/C21H18Cl2F3N5O2S/c1-11(27-19(33)12-6-7-15(22)16(23)8-12)18-29-30-20(31(18)2)34-10-17(32)28-14-5-3-4-13(9-14)21(24,25)26/h3-9,11H,10H2,1-2H3,(H,27,33)(H,28,32)/t11-/m1/s1. The maximum Gasteiger partial charge on any atom is 0.416 e. The quantitative estimate of drug-likeness (QED) is 0.400. The number of carbonyl (C=O) groups excluding carboxylic acids is 2. The maximum absolute atomic E-state index is 12.8. The van der Waals surface area contributed by atoms with E-state index in [4.69, 9.17) is 23.2 Å². The van der Waals surface area contributed by atoms with E-state index in [0.29, 0.717) is 21.6 Å². The Hall–Kier alpha value is -2.76. The van der Waals surface area contributed by atoms with Crippen molar-refractivity contribution in [2.75, 3.05) is 11.1 Å². The van der Waals surface area contributed by atoms with Crippen molar-refractivity contribution >= 4 is 52.5 Å². The van der Waals surface area contributed by atoms with Crippen LogP contribution < -0.4 is 10.6 Å². The molecule has 1 atom stereocenters. The Balaban J connectivity index is 1.59. The number of carbonyl (C=O) groups is 2. The van der Waals surface area contributed by atoms with Gasteiger partial charge in [0.05, 0.1) is 27.4 Å². The van der Waals surface area contributed by atoms with Crippen LogP contribution in [0.2, 0.25) is 10.0 Å². The average molecular weight is 532 g/mol. The molecule has 3 aromatic rings. The van der Waals surface area contributed by atoms with Gasteiger partial charge in [0.15, 0.2) is 11.0 Å². The Bertz CT molecular complexity index is 1220. The lowest BCUT2D eigenvalue weighted by Crippen LogP contribution is -2.28. The summed E-state index contributed by atoms with van der Waals surface area (Å²) >= 11 is 12.9. The van der Waals surface area contributed by atoms with Gasteiger partial charge in [-0.05, 0) is 43.3 Å². The number of hydrogen-bond donors (Lipinski definition) is 2. The van der Waals surface area contributed by atoms with E-state index in [1.54, 1.807) is 18.5 Å². The highest BCUT2D eigenvalue weighted by Gasteiger charge is 2.30. The van der Waals surface area contributed by atoms with Crippen molar-refractivity contribution in [3.63, 3.8) is 0 Å². The van der Waals surface area contributed by atoms with Gasteiger partial charge in [-0.15, -0.1) is 10.2 Å². The minimum absolute atomic E-state index is 0.0396. The summed E-state index contributed by atoms with van der Waals surface area (Å²) in [7, 11) is 1.67. The van der Waals surface area contributed by atoms with Crippen molar-refractivity contribution in [1.29, 1.82) is 0 Å². The fourth-order valence-electron chi connectivity index (χ4n) is 2.91. The molecule has 13 heteroatoms. The van der Waals surface area contributed by atoms with Crippen LogP contribution in [0.1, 0.15) is 34.7 Å². The summed E-state index contributed by atoms with van der Waals surface area (Å²) in [6, 6.07) is 8.36. The Morgan fingerprint density at radius 3 is 2.53 bits per heavy atom. The molecule has 0 saturated carbocycles. The van der Waals surface area contributed by atoms with E-state index in [1.807, 2.05) is 0 Å². The molecule has 0 spiro atoms. The monoisotopic (exact) mass is 531 g/mol. The lowest BCUT2D eigenvalue weighted by molar-refractivity contribution is -0.137. The van der Waals surface area contributed by atoms with E-state index in [0.717, 1.165) is 23.9 Å². The third-order valence-electron chi connectivity index (χ3n) is 4.59. The van der Waals surface area contributed by atoms with Crippen molar-refractivity contribution in [2.45, 2.75) is 24.3 Å². The molecule has 3 rings (SSSR count). The summed E-state index contributed by atoms with van der Waals surface area (Å²) in [6.45, 7) is 1.72. The number of thioether (sulfide) groups is 1. The van der Waals surface area contributed by atoms with Gasteiger partial charge < -0.3 is 15.2 Å². The van der Waals surface area contributed by atoms with Gasteiger partial charge in [0.1, 0.15) is 0 Å². The molecule has 1 aromatic heterocycles. The number of nitrogens with zero attached hydrogens (tertiary/aromatic N) is 3. The molecule has 2 amide bonds. The summed E-state index contributed by atoms with van der Waals surface area (Å²) in [6.07, 6.45) is -4.50. The molecule has 2 N–H and O–H groups in total. The topological polar surface area (TPSA) is 88.9 Å². The molecule has 0 saturated heterocycles. The highest BCUT2D eigenvalue weighted by Crippen LogP contribution is 2.31. The van der Waals surface area contributed by atoms with Crippen LogP contribution in [0.25, 0.3) is 0 Å². The van der Waals surface area contributed by atoms with Crippen molar-refractivity contribution in [3.8, 4) is 0 Å². The summed E-state index contributed by atoms with van der Waals surface area (Å²) in [5, 5.41) is 14.3. The third kappa shape index (κ3) is 6.43. The van der Waals surface area contributed by atoms with Crippen molar-refractivity contribution in [3.05, 3.63) is 69.5 Å². The molecule has 0 aliphatic heterocycles. The third-order valence-corrected chi connectivity index (χ3v) is 6.35. The van der Waals surface area contributed by atoms with E-state index in [1.165, 1.54) is 30.3 Å². The predicted octanol–water partition coefficient (Wildman–Crippen LogP) is 5.36. The number of nitrogens with one attached hydrogen (secondary N) is 2. The zero-order valence-corrected chi connectivity index (χ0v) is 20.1. The highest BCUT2D eigenvalue weighted by molar-refractivity contribution is 7.99. The molecule has 0 radical (unpaired) electrons. The van der Waals surface area contributed by atoms with Crippen LogP contribution in [-0.4, -0.2) is 32.3 Å². The molecule has 0 bridgehead atoms. The summed E-state index contributed by atoms with van der Waals surface area (Å²) < 4.78 is 40.1. The lowest BCUT2D eigenvalue weighted by atomic mass is 10.2. The Morgan fingerprint density at radius 1 is 1.12 bits per heavy atom. The van der Waals surface area contributed by atoms with Crippen LogP contribution in [0, 0.1) is 0 Å². The van der Waals surface area contributed by atoms with Gasteiger partial charge in [0, 0.05) is 18.3 Å². The lowest BCUT2D eigenvalue weighted by Gasteiger charge is -2.14.